The molecule has 0 radical (unpaired) electrons. The summed E-state index contributed by atoms with van der Waals surface area (Å²) in [6.45, 7) is 8.55. The van der Waals surface area contributed by atoms with Gasteiger partial charge in [0, 0.05) is 23.8 Å². The minimum atomic E-state index is -0.965. The number of rotatable bonds is 14. The molecule has 3 N–H and O–H groups in total. The van der Waals surface area contributed by atoms with E-state index in [0.29, 0.717) is 45.1 Å². The zero-order chi connectivity index (χ0) is 30.5. The van der Waals surface area contributed by atoms with Crippen molar-refractivity contribution in [3.05, 3.63) is 41.5 Å². The maximum atomic E-state index is 13.6. The first kappa shape index (κ1) is 33.2. The smallest absolute Gasteiger partial charge is 0.243 e. The molecular weight excluding hydrogens is 540 g/mol. The highest BCUT2D eigenvalue weighted by Gasteiger charge is 2.38. The Labute approximate surface area is 253 Å². The Morgan fingerprint density at radius 3 is 2.26 bits per heavy atom. The molecule has 4 atom stereocenters. The van der Waals surface area contributed by atoms with Gasteiger partial charge in [0.1, 0.15) is 23.9 Å². The van der Waals surface area contributed by atoms with E-state index >= 15 is 0 Å². The molecule has 2 heterocycles. The maximum Gasteiger partial charge on any atom is 0.243 e. The first-order valence-electron chi connectivity index (χ1n) is 15.0. The average molecular weight is 593 g/mol. The van der Waals surface area contributed by atoms with Gasteiger partial charge in [-0.05, 0) is 50.3 Å². The van der Waals surface area contributed by atoms with Crippen molar-refractivity contribution in [2.45, 2.75) is 77.1 Å². The zero-order valence-corrected chi connectivity index (χ0v) is 25.3. The molecule has 1 aliphatic carbocycles. The van der Waals surface area contributed by atoms with Gasteiger partial charge in [-0.1, -0.05) is 37.6 Å². The van der Waals surface area contributed by atoms with Gasteiger partial charge in [-0.25, -0.2) is 0 Å². The van der Waals surface area contributed by atoms with E-state index in [4.69, 9.17) is 14.2 Å². The van der Waals surface area contributed by atoms with Crippen molar-refractivity contribution < 1.29 is 37.7 Å². The van der Waals surface area contributed by atoms with Crippen LogP contribution in [0.5, 0.6) is 5.75 Å². The predicted molar refractivity (Wildman–Crippen MR) is 164 cm³/mol. The second-order valence-corrected chi connectivity index (χ2v) is 10.5. The number of ketones is 1. The van der Waals surface area contributed by atoms with Crippen molar-refractivity contribution in [1.29, 1.82) is 0 Å². The Hall–Kier alpha value is -3.28. The largest absolute Gasteiger partial charge is 0.497 e. The SMILES string of the molecule is CC.COc1ccc(CC(NC(=O)C(C)NC(=O)CN2CCOCC2)C(=O)NC(CC2=CCCC2)C(=O)C2CO2)cc1.[HH].[HH].[HH]. The molecule has 238 valence electrons. The lowest BCUT2D eigenvalue weighted by Crippen LogP contribution is -2.56. The Bertz CT molecular complexity index is 1100. The molecule has 1 aromatic carbocycles. The first-order valence-corrected chi connectivity index (χ1v) is 15.0. The van der Waals surface area contributed by atoms with Crippen molar-refractivity contribution in [2.75, 3.05) is 46.6 Å². The van der Waals surface area contributed by atoms with Crippen LogP contribution in [0.2, 0.25) is 0 Å². The summed E-state index contributed by atoms with van der Waals surface area (Å²) in [6, 6.07) is 4.65. The number of hydrogen-bond donors (Lipinski definition) is 3. The number of nitrogens with one attached hydrogen (secondary N) is 3. The lowest BCUT2D eigenvalue weighted by Gasteiger charge is -2.27. The van der Waals surface area contributed by atoms with Gasteiger partial charge >= 0.3 is 0 Å². The lowest BCUT2D eigenvalue weighted by molar-refractivity contribution is -0.133. The molecule has 4 unspecified atom stereocenters. The summed E-state index contributed by atoms with van der Waals surface area (Å²) in [5.74, 6) is -0.713. The summed E-state index contributed by atoms with van der Waals surface area (Å²) in [5.41, 5.74) is 1.95. The van der Waals surface area contributed by atoms with Gasteiger partial charge in [0.05, 0.1) is 39.5 Å². The monoisotopic (exact) mass is 592 g/mol. The molecule has 2 aliphatic heterocycles. The van der Waals surface area contributed by atoms with Gasteiger partial charge in [-0.2, -0.15) is 0 Å². The fraction of sp³-hybridized carbons (Fsp3) is 0.613. The van der Waals surface area contributed by atoms with Crippen LogP contribution in [0.4, 0.5) is 0 Å². The summed E-state index contributed by atoms with van der Waals surface area (Å²) in [5, 5.41) is 8.41. The van der Waals surface area contributed by atoms with Crippen molar-refractivity contribution in [3.63, 3.8) is 0 Å². The molecule has 2 saturated heterocycles. The van der Waals surface area contributed by atoms with Crippen LogP contribution < -0.4 is 20.7 Å². The number of hydrogen-bond acceptors (Lipinski definition) is 8. The molecule has 42 heavy (non-hydrogen) atoms. The number of ether oxygens (including phenoxy) is 3. The third kappa shape index (κ3) is 10.5. The molecule has 1 aromatic rings. The Kier molecular flexibility index (Phi) is 13.4. The van der Waals surface area contributed by atoms with E-state index in [0.717, 1.165) is 30.4 Å². The Morgan fingerprint density at radius 1 is 1.00 bits per heavy atom. The lowest BCUT2D eigenvalue weighted by atomic mass is 9.98. The highest BCUT2D eigenvalue weighted by molar-refractivity contribution is 5.96. The van der Waals surface area contributed by atoms with E-state index in [1.807, 2.05) is 30.9 Å². The van der Waals surface area contributed by atoms with E-state index in [1.54, 1.807) is 26.2 Å². The third-order valence-corrected chi connectivity index (χ3v) is 7.39. The molecule has 2 fully saturated rings. The molecule has 0 bridgehead atoms. The number of nitrogens with zero attached hydrogens (tertiary/aromatic N) is 1. The number of epoxide rings is 1. The van der Waals surface area contributed by atoms with Gasteiger partial charge in [0.25, 0.3) is 0 Å². The molecule has 11 nitrogen and oxygen atoms in total. The van der Waals surface area contributed by atoms with E-state index in [2.05, 4.69) is 22.0 Å². The summed E-state index contributed by atoms with van der Waals surface area (Å²) < 4.78 is 15.7. The van der Waals surface area contributed by atoms with Gasteiger partial charge < -0.3 is 30.2 Å². The number of carbonyl (C=O) groups is 4. The van der Waals surface area contributed by atoms with Crippen molar-refractivity contribution >= 4 is 23.5 Å². The highest BCUT2D eigenvalue weighted by Crippen LogP contribution is 2.24. The van der Waals surface area contributed by atoms with Crippen molar-refractivity contribution in [1.82, 2.24) is 20.9 Å². The van der Waals surface area contributed by atoms with Crippen LogP contribution in [0, 0.1) is 0 Å². The summed E-state index contributed by atoms with van der Waals surface area (Å²) in [4.78, 5) is 54.2. The normalized spacial score (nSPS) is 20.1. The Balaban J connectivity index is 0.00000379. The minimum Gasteiger partial charge on any atom is -0.497 e. The summed E-state index contributed by atoms with van der Waals surface area (Å²) >= 11 is 0. The maximum absolute atomic E-state index is 13.6. The molecule has 0 aromatic heterocycles. The number of Topliss-reactive ketones (excluding diaryl/α,β-unsaturated/α-hetero) is 1. The second-order valence-electron chi connectivity index (χ2n) is 10.5. The number of allylic oxidation sites excluding steroid dienone is 1. The summed E-state index contributed by atoms with van der Waals surface area (Å²) in [6.07, 6.45) is 5.16. The van der Waals surface area contributed by atoms with Crippen LogP contribution in [0.25, 0.3) is 0 Å². The predicted octanol–water partition coefficient (Wildman–Crippen LogP) is 2.28. The molecule has 0 saturated carbocycles. The van der Waals surface area contributed by atoms with Crippen LogP contribution in [-0.4, -0.2) is 99.2 Å². The number of carbonyl (C=O) groups excluding carboxylic acids is 4. The van der Waals surface area contributed by atoms with Gasteiger partial charge in [0.15, 0.2) is 5.78 Å². The van der Waals surface area contributed by atoms with Crippen LogP contribution in [0.1, 0.15) is 56.3 Å². The second kappa shape index (κ2) is 17.0. The van der Waals surface area contributed by atoms with Gasteiger partial charge in [0.2, 0.25) is 17.7 Å². The van der Waals surface area contributed by atoms with E-state index in [1.165, 1.54) is 0 Å². The average Bonchev–Trinajstić information content (AvgIpc) is 3.73. The molecule has 3 aliphatic rings. The number of benzene rings is 1. The number of amides is 3. The van der Waals surface area contributed by atoms with Crippen LogP contribution in [-0.2, 0) is 35.1 Å². The van der Waals surface area contributed by atoms with Gasteiger partial charge in [-0.15, -0.1) is 0 Å². The first-order chi connectivity index (χ1) is 20.3. The quantitative estimate of drug-likeness (QED) is 0.221. The van der Waals surface area contributed by atoms with Crippen LogP contribution in [0.15, 0.2) is 35.9 Å². The van der Waals surface area contributed by atoms with Crippen molar-refractivity contribution in [3.8, 4) is 5.75 Å². The standard InChI is InChI=1S/C29H40N4O7.C2H6.3H2/c1-19(30-26(34)17-33-11-13-39-14-12-33)28(36)32-24(16-21-7-9-22(38-2)10-8-21)29(37)31-23(27(35)25-18-40-25)15-20-5-3-4-6-20;1-2;;;/h5,7-10,19,23-25H,3-4,6,11-18H2,1-2H3,(H,30,34)(H,31,37)(H,32,36);1-2H3;3*1H. The fourth-order valence-electron chi connectivity index (χ4n) is 4.94. The molecule has 0 spiro atoms. The zero-order valence-electron chi connectivity index (χ0n) is 25.3. The molecule has 4 rings (SSSR count). The van der Waals surface area contributed by atoms with Gasteiger partial charge in [-0.3, -0.25) is 24.1 Å². The fourth-order valence-corrected chi connectivity index (χ4v) is 4.94. The summed E-state index contributed by atoms with van der Waals surface area (Å²) in [7, 11) is 1.57. The van der Waals surface area contributed by atoms with Crippen molar-refractivity contribution in [2.24, 2.45) is 0 Å². The number of methoxy groups -OCH3 is 1. The number of morpholine rings is 1. The molecule has 11 heteroatoms. The van der Waals surface area contributed by atoms with Crippen LogP contribution in [0.3, 0.4) is 0 Å². The van der Waals surface area contributed by atoms with E-state index < -0.39 is 36.0 Å². The molecular formula is C31H52N4O7. The van der Waals surface area contributed by atoms with E-state index in [-0.39, 0.29) is 28.9 Å². The topological polar surface area (TPSA) is 139 Å². The molecule has 3 amide bonds. The minimum absolute atomic E-state index is 0. The third-order valence-electron chi connectivity index (χ3n) is 7.39. The Morgan fingerprint density at radius 2 is 1.67 bits per heavy atom. The van der Waals surface area contributed by atoms with Crippen LogP contribution >= 0.6 is 0 Å². The van der Waals surface area contributed by atoms with E-state index in [9.17, 15) is 19.2 Å². The highest BCUT2D eigenvalue weighted by atomic mass is 16.6.